The third-order valence-electron chi connectivity index (χ3n) is 5.23. The second-order valence-electron chi connectivity index (χ2n) is 7.58. The number of aryl methyl sites for hydroxylation is 1. The van der Waals surface area contributed by atoms with Crippen LogP contribution in [0.3, 0.4) is 0 Å². The molecule has 0 heterocycles. The van der Waals surface area contributed by atoms with Crippen LogP contribution in [-0.4, -0.2) is 40.0 Å². The van der Waals surface area contributed by atoms with Crippen molar-refractivity contribution in [3.8, 4) is 11.5 Å². The molecule has 3 aromatic carbocycles. The Balaban J connectivity index is 1.61. The maximum Gasteiger partial charge on any atom is 0.273 e. The maximum absolute atomic E-state index is 12.6. The van der Waals surface area contributed by atoms with Gasteiger partial charge in [0.1, 0.15) is 0 Å². The van der Waals surface area contributed by atoms with Crippen molar-refractivity contribution >= 4 is 27.3 Å². The zero-order chi connectivity index (χ0) is 25.6. The largest absolute Gasteiger partial charge is 0.493 e. The first-order chi connectivity index (χ1) is 16.6. The van der Waals surface area contributed by atoms with Crippen LogP contribution in [-0.2, 0) is 16.4 Å². The van der Waals surface area contributed by atoms with Gasteiger partial charge in [-0.15, -0.1) is 0 Å². The number of hydrogen-bond acceptors (Lipinski definition) is 7. The number of methoxy groups -OCH3 is 2. The van der Waals surface area contributed by atoms with Gasteiger partial charge in [-0.05, 0) is 61.4 Å². The molecular formula is C24H25N3O7S. The lowest BCUT2D eigenvalue weighted by molar-refractivity contribution is -0.385. The van der Waals surface area contributed by atoms with Crippen LogP contribution in [0.25, 0.3) is 0 Å². The standard InChI is InChI=1S/C24H25N3O7S/c1-16-4-10-20(15-21(16)27(29)30)35(31,32)26-19-8-6-18(7-9-19)24(28)25-13-12-17-5-11-22(33-2)23(14-17)34-3/h4-11,14-15,26H,12-13H2,1-3H3,(H,25,28). The molecule has 0 aliphatic heterocycles. The van der Waals surface area contributed by atoms with Crippen LogP contribution >= 0.6 is 0 Å². The van der Waals surface area contributed by atoms with Crippen molar-refractivity contribution in [2.45, 2.75) is 18.2 Å². The average molecular weight is 500 g/mol. The number of nitrogens with one attached hydrogen (secondary N) is 2. The molecule has 3 aromatic rings. The number of benzene rings is 3. The summed E-state index contributed by atoms with van der Waals surface area (Å²) in [6.45, 7) is 1.91. The molecule has 0 saturated carbocycles. The van der Waals surface area contributed by atoms with E-state index < -0.39 is 14.9 Å². The van der Waals surface area contributed by atoms with Crippen LogP contribution in [0, 0.1) is 17.0 Å². The molecule has 0 spiro atoms. The molecule has 0 unspecified atom stereocenters. The van der Waals surface area contributed by atoms with Crippen molar-refractivity contribution in [3.05, 3.63) is 87.5 Å². The summed E-state index contributed by atoms with van der Waals surface area (Å²) in [5.41, 5.74) is 1.61. The average Bonchev–Trinajstić information content (AvgIpc) is 2.84. The van der Waals surface area contributed by atoms with Crippen molar-refractivity contribution in [3.63, 3.8) is 0 Å². The van der Waals surface area contributed by atoms with E-state index in [0.717, 1.165) is 11.6 Å². The third-order valence-corrected chi connectivity index (χ3v) is 6.61. The summed E-state index contributed by atoms with van der Waals surface area (Å²) >= 11 is 0. The van der Waals surface area contributed by atoms with Gasteiger partial charge in [0.2, 0.25) is 0 Å². The summed E-state index contributed by atoms with van der Waals surface area (Å²) in [4.78, 5) is 22.7. The summed E-state index contributed by atoms with van der Waals surface area (Å²) < 4.78 is 38.1. The summed E-state index contributed by atoms with van der Waals surface area (Å²) in [6.07, 6.45) is 0.576. The molecule has 10 nitrogen and oxygen atoms in total. The number of sulfonamides is 1. The first-order valence-corrected chi connectivity index (χ1v) is 12.0. The number of nitro groups is 1. The molecule has 1 amide bonds. The lowest BCUT2D eigenvalue weighted by Gasteiger charge is -2.11. The van der Waals surface area contributed by atoms with E-state index in [1.807, 2.05) is 12.1 Å². The minimum Gasteiger partial charge on any atom is -0.493 e. The van der Waals surface area contributed by atoms with Gasteiger partial charge in [-0.25, -0.2) is 8.42 Å². The summed E-state index contributed by atoms with van der Waals surface area (Å²) in [5.74, 6) is 0.917. The van der Waals surface area contributed by atoms with Crippen LogP contribution in [0.1, 0.15) is 21.5 Å². The van der Waals surface area contributed by atoms with Gasteiger partial charge in [-0.2, -0.15) is 0 Å². The number of anilines is 1. The van der Waals surface area contributed by atoms with Crippen LogP contribution in [0.15, 0.2) is 65.6 Å². The topological polar surface area (TPSA) is 137 Å². The van der Waals surface area contributed by atoms with E-state index in [2.05, 4.69) is 10.0 Å². The smallest absolute Gasteiger partial charge is 0.273 e. The van der Waals surface area contributed by atoms with Gasteiger partial charge in [0, 0.05) is 29.4 Å². The van der Waals surface area contributed by atoms with E-state index in [0.29, 0.717) is 35.6 Å². The molecule has 2 N–H and O–H groups in total. The number of carbonyl (C=O) groups excluding carboxylic acids is 1. The first kappa shape index (κ1) is 25.5. The van der Waals surface area contributed by atoms with Gasteiger partial charge in [-0.3, -0.25) is 19.6 Å². The van der Waals surface area contributed by atoms with Gasteiger partial charge in [0.15, 0.2) is 11.5 Å². The Morgan fingerprint density at radius 2 is 1.66 bits per heavy atom. The molecule has 0 atom stereocenters. The maximum atomic E-state index is 12.6. The van der Waals surface area contributed by atoms with E-state index in [-0.39, 0.29) is 22.2 Å². The second-order valence-corrected chi connectivity index (χ2v) is 9.27. The quantitative estimate of drug-likeness (QED) is 0.321. The molecule has 0 bridgehead atoms. The zero-order valence-corrected chi connectivity index (χ0v) is 20.2. The van der Waals surface area contributed by atoms with E-state index in [1.165, 1.54) is 43.3 Å². The molecule has 0 aromatic heterocycles. The Bertz CT molecular complexity index is 1340. The highest BCUT2D eigenvalue weighted by molar-refractivity contribution is 7.92. The van der Waals surface area contributed by atoms with Crippen LogP contribution in [0.4, 0.5) is 11.4 Å². The lowest BCUT2D eigenvalue weighted by Crippen LogP contribution is -2.25. The van der Waals surface area contributed by atoms with E-state index in [4.69, 9.17) is 9.47 Å². The zero-order valence-electron chi connectivity index (χ0n) is 19.4. The van der Waals surface area contributed by atoms with E-state index in [9.17, 15) is 23.3 Å². The minimum absolute atomic E-state index is 0.218. The third kappa shape index (κ3) is 6.27. The van der Waals surface area contributed by atoms with Crippen LogP contribution < -0.4 is 19.5 Å². The second kappa shape index (κ2) is 10.9. The Hall–Kier alpha value is -4.12. The number of nitrogens with zero attached hydrogens (tertiary/aromatic N) is 1. The molecular weight excluding hydrogens is 474 g/mol. The molecule has 0 radical (unpaired) electrons. The fourth-order valence-corrected chi connectivity index (χ4v) is 4.39. The molecule has 35 heavy (non-hydrogen) atoms. The lowest BCUT2D eigenvalue weighted by atomic mass is 10.1. The van der Waals surface area contributed by atoms with Crippen LogP contribution in [0.2, 0.25) is 0 Å². The summed E-state index contributed by atoms with van der Waals surface area (Å²) in [7, 11) is -0.938. The van der Waals surface area contributed by atoms with E-state index >= 15 is 0 Å². The van der Waals surface area contributed by atoms with Gasteiger partial charge >= 0.3 is 0 Å². The van der Waals surface area contributed by atoms with Crippen molar-refractivity contribution in [1.29, 1.82) is 0 Å². The monoisotopic (exact) mass is 499 g/mol. The number of ether oxygens (including phenoxy) is 2. The number of rotatable bonds is 10. The Morgan fingerprint density at radius 1 is 0.971 bits per heavy atom. The normalized spacial score (nSPS) is 10.9. The predicted octanol–water partition coefficient (Wildman–Crippen LogP) is 3.69. The van der Waals surface area contributed by atoms with Crippen molar-refractivity contribution in [1.82, 2.24) is 5.32 Å². The molecule has 0 aliphatic rings. The summed E-state index contributed by atoms with van der Waals surface area (Å²) in [5, 5.41) is 13.9. The van der Waals surface area contributed by atoms with Gasteiger partial charge in [-0.1, -0.05) is 12.1 Å². The molecule has 0 aliphatic carbocycles. The number of nitro benzene ring substituents is 1. The van der Waals surface area contributed by atoms with Crippen molar-refractivity contribution < 1.29 is 27.6 Å². The number of carbonyl (C=O) groups is 1. The Labute approximate surface area is 203 Å². The Morgan fingerprint density at radius 3 is 2.29 bits per heavy atom. The van der Waals surface area contributed by atoms with Gasteiger partial charge < -0.3 is 14.8 Å². The number of amides is 1. The van der Waals surface area contributed by atoms with Crippen LogP contribution in [0.5, 0.6) is 11.5 Å². The van der Waals surface area contributed by atoms with Gasteiger partial charge in [0.25, 0.3) is 21.6 Å². The minimum atomic E-state index is -4.05. The van der Waals surface area contributed by atoms with Gasteiger partial charge in [0.05, 0.1) is 24.0 Å². The molecule has 0 fully saturated rings. The van der Waals surface area contributed by atoms with Crippen molar-refractivity contribution in [2.75, 3.05) is 25.5 Å². The highest BCUT2D eigenvalue weighted by Gasteiger charge is 2.20. The molecule has 3 rings (SSSR count). The highest BCUT2D eigenvalue weighted by atomic mass is 32.2. The van der Waals surface area contributed by atoms with Crippen molar-refractivity contribution in [2.24, 2.45) is 0 Å². The SMILES string of the molecule is COc1ccc(CCNC(=O)c2ccc(NS(=O)(=O)c3ccc(C)c([N+](=O)[O-])c3)cc2)cc1OC. The fraction of sp³-hybridized carbons (Fsp3) is 0.208. The first-order valence-electron chi connectivity index (χ1n) is 10.5. The summed E-state index contributed by atoms with van der Waals surface area (Å²) in [6, 6.07) is 15.1. The predicted molar refractivity (Wildman–Crippen MR) is 131 cm³/mol. The fourth-order valence-electron chi connectivity index (χ4n) is 3.32. The molecule has 0 saturated heterocycles. The Kier molecular flexibility index (Phi) is 7.92. The highest BCUT2D eigenvalue weighted by Crippen LogP contribution is 2.27. The van der Waals surface area contributed by atoms with E-state index in [1.54, 1.807) is 20.3 Å². The molecule has 11 heteroatoms. The molecule has 184 valence electrons. The number of hydrogen-bond donors (Lipinski definition) is 2.